The first kappa shape index (κ1) is 10.9. The Labute approximate surface area is 106 Å². The van der Waals surface area contributed by atoms with E-state index in [0.717, 1.165) is 10.2 Å². The summed E-state index contributed by atoms with van der Waals surface area (Å²) >= 11 is 11.6. The van der Waals surface area contributed by atoms with Gasteiger partial charge in [-0.2, -0.15) is 0 Å². The van der Waals surface area contributed by atoms with Crippen molar-refractivity contribution >= 4 is 61.7 Å². The Kier molecular flexibility index (Phi) is 3.47. The van der Waals surface area contributed by atoms with Crippen LogP contribution in [0.5, 0.6) is 0 Å². The molecule has 74 valence electrons. The molecule has 1 aromatic heterocycles. The number of benzene rings is 1. The number of halogens is 1. The van der Waals surface area contributed by atoms with Crippen LogP contribution in [0, 0.1) is 0 Å². The molecular formula is C10H9BrS3. The number of rotatable bonds is 2. The van der Waals surface area contributed by atoms with Gasteiger partial charge in [-0.1, -0.05) is 15.9 Å². The Balaban J connectivity index is 2.74. The molecule has 2 rings (SSSR count). The molecule has 0 fully saturated rings. The normalized spacial score (nSPS) is 11.1. The van der Waals surface area contributed by atoms with Crippen molar-refractivity contribution in [3.05, 3.63) is 23.1 Å². The van der Waals surface area contributed by atoms with E-state index < -0.39 is 0 Å². The Bertz CT molecular complexity index is 462. The molecule has 0 amide bonds. The summed E-state index contributed by atoms with van der Waals surface area (Å²) in [7, 11) is 0. The van der Waals surface area contributed by atoms with Crippen LogP contribution in [-0.4, -0.2) is 6.26 Å². The number of thioether (sulfide) groups is 1. The molecule has 4 heteroatoms. The van der Waals surface area contributed by atoms with E-state index in [4.69, 9.17) is 0 Å². The largest absolute Gasteiger partial charge is 0.142 e. The molecule has 0 aliphatic carbocycles. The van der Waals surface area contributed by atoms with Crippen LogP contribution in [0.4, 0.5) is 0 Å². The average molecular weight is 305 g/mol. The summed E-state index contributed by atoms with van der Waals surface area (Å²) in [5.74, 6) is 0. The molecule has 0 atom stereocenters. The summed E-state index contributed by atoms with van der Waals surface area (Å²) in [4.78, 5) is 3.77. The Morgan fingerprint density at radius 2 is 2.29 bits per heavy atom. The molecule has 0 saturated carbocycles. The van der Waals surface area contributed by atoms with E-state index in [1.165, 1.54) is 19.9 Å². The van der Waals surface area contributed by atoms with Gasteiger partial charge in [0.25, 0.3) is 0 Å². The number of thiophene rings is 1. The van der Waals surface area contributed by atoms with E-state index >= 15 is 0 Å². The van der Waals surface area contributed by atoms with Crippen molar-refractivity contribution in [2.75, 3.05) is 6.26 Å². The van der Waals surface area contributed by atoms with E-state index in [1.54, 1.807) is 11.8 Å². The second-order valence-corrected chi connectivity index (χ2v) is 5.90. The average Bonchev–Trinajstić information content (AvgIpc) is 2.63. The highest BCUT2D eigenvalue weighted by Gasteiger charge is 2.07. The predicted molar refractivity (Wildman–Crippen MR) is 73.5 cm³/mol. The van der Waals surface area contributed by atoms with E-state index in [9.17, 15) is 0 Å². The zero-order chi connectivity index (χ0) is 10.1. The van der Waals surface area contributed by atoms with Gasteiger partial charge in [0.1, 0.15) is 0 Å². The summed E-state index contributed by atoms with van der Waals surface area (Å²) in [5, 5.41) is 2.26. The van der Waals surface area contributed by atoms with Gasteiger partial charge < -0.3 is 0 Å². The van der Waals surface area contributed by atoms with Gasteiger partial charge in [-0.15, -0.1) is 35.7 Å². The van der Waals surface area contributed by atoms with Gasteiger partial charge in [-0.05, 0) is 24.5 Å². The van der Waals surface area contributed by atoms with Gasteiger partial charge in [-0.3, -0.25) is 0 Å². The maximum absolute atomic E-state index is 4.47. The Hall–Kier alpha value is 0.360. The van der Waals surface area contributed by atoms with Crippen molar-refractivity contribution in [1.82, 2.24) is 0 Å². The maximum atomic E-state index is 4.47. The van der Waals surface area contributed by atoms with Gasteiger partial charge in [0, 0.05) is 30.1 Å². The molecule has 0 radical (unpaired) electrons. The zero-order valence-corrected chi connectivity index (χ0v) is 11.7. The quantitative estimate of drug-likeness (QED) is 0.472. The molecule has 1 aromatic carbocycles. The number of alkyl halides is 1. The summed E-state index contributed by atoms with van der Waals surface area (Å²) in [6.45, 7) is 0. The number of fused-ring (bicyclic) bond motifs is 1. The lowest BCUT2D eigenvalue weighted by molar-refractivity contribution is 1.48. The smallest absolute Gasteiger partial charge is 0.0490 e. The van der Waals surface area contributed by atoms with Gasteiger partial charge in [-0.25, -0.2) is 0 Å². The van der Waals surface area contributed by atoms with Crippen molar-refractivity contribution in [2.24, 2.45) is 0 Å². The van der Waals surface area contributed by atoms with Crippen LogP contribution >= 0.6 is 51.7 Å². The second-order valence-electron chi connectivity index (χ2n) is 2.88. The highest BCUT2D eigenvalue weighted by molar-refractivity contribution is 9.08. The summed E-state index contributed by atoms with van der Waals surface area (Å²) in [5.41, 5.74) is 0. The fourth-order valence-corrected chi connectivity index (χ4v) is 3.81. The van der Waals surface area contributed by atoms with Crippen LogP contribution in [0.1, 0.15) is 4.88 Å². The topological polar surface area (TPSA) is 0 Å². The second kappa shape index (κ2) is 4.47. The van der Waals surface area contributed by atoms with Crippen molar-refractivity contribution < 1.29 is 0 Å². The lowest BCUT2D eigenvalue weighted by atomic mass is 10.2. The Morgan fingerprint density at radius 3 is 2.93 bits per heavy atom. The van der Waals surface area contributed by atoms with Crippen LogP contribution in [0.3, 0.4) is 0 Å². The van der Waals surface area contributed by atoms with Crippen molar-refractivity contribution in [1.29, 1.82) is 0 Å². The van der Waals surface area contributed by atoms with Gasteiger partial charge in [0.05, 0.1) is 0 Å². The lowest BCUT2D eigenvalue weighted by Crippen LogP contribution is -1.72. The third kappa shape index (κ3) is 1.85. The van der Waals surface area contributed by atoms with Gasteiger partial charge in [0.2, 0.25) is 0 Å². The highest BCUT2D eigenvalue weighted by Crippen LogP contribution is 2.37. The number of thiol groups is 1. The summed E-state index contributed by atoms with van der Waals surface area (Å²) < 4.78 is 1.30. The number of hydrogen-bond acceptors (Lipinski definition) is 3. The fraction of sp³-hybridized carbons (Fsp3) is 0.200. The standard InChI is InChI=1S/C10H9BrS3/c1-13-9-3-2-8(12)10-7(9)4-6(5-11)14-10/h2-4,12H,5H2,1H3. The molecule has 2 aromatic rings. The molecule has 0 unspecified atom stereocenters. The monoisotopic (exact) mass is 304 g/mol. The van der Waals surface area contributed by atoms with Crippen LogP contribution in [-0.2, 0) is 5.33 Å². The number of hydrogen-bond donors (Lipinski definition) is 1. The van der Waals surface area contributed by atoms with Crippen molar-refractivity contribution in [2.45, 2.75) is 15.1 Å². The van der Waals surface area contributed by atoms with E-state index in [-0.39, 0.29) is 0 Å². The third-order valence-corrected chi connectivity index (χ3v) is 5.49. The third-order valence-electron chi connectivity index (χ3n) is 2.03. The van der Waals surface area contributed by atoms with Gasteiger partial charge >= 0.3 is 0 Å². The molecule has 0 aliphatic heterocycles. The first-order valence-corrected chi connectivity index (χ1v) is 7.71. The minimum atomic E-state index is 0.924. The van der Waals surface area contributed by atoms with Crippen LogP contribution < -0.4 is 0 Å². The van der Waals surface area contributed by atoms with Crippen LogP contribution in [0.15, 0.2) is 28.0 Å². The Morgan fingerprint density at radius 1 is 1.50 bits per heavy atom. The van der Waals surface area contributed by atoms with E-state index in [0.29, 0.717) is 0 Å². The summed E-state index contributed by atoms with van der Waals surface area (Å²) in [6.07, 6.45) is 2.11. The lowest BCUT2D eigenvalue weighted by Gasteiger charge is -1.99. The van der Waals surface area contributed by atoms with E-state index in [1.807, 2.05) is 11.3 Å². The molecule has 0 N–H and O–H groups in total. The molecule has 0 bridgehead atoms. The zero-order valence-electron chi connectivity index (χ0n) is 7.58. The molecule has 0 nitrogen and oxygen atoms in total. The molecule has 0 saturated heterocycles. The van der Waals surface area contributed by atoms with Crippen LogP contribution in [0.2, 0.25) is 0 Å². The predicted octanol–water partition coefficient (Wildman–Crippen LogP) is 4.81. The minimum Gasteiger partial charge on any atom is -0.142 e. The molecule has 0 aliphatic rings. The van der Waals surface area contributed by atoms with Crippen molar-refractivity contribution in [3.8, 4) is 0 Å². The minimum absolute atomic E-state index is 0.924. The van der Waals surface area contributed by atoms with Crippen LogP contribution in [0.25, 0.3) is 10.1 Å². The summed E-state index contributed by atoms with van der Waals surface area (Å²) in [6, 6.07) is 6.46. The molecule has 1 heterocycles. The first-order valence-electron chi connectivity index (χ1n) is 4.10. The highest BCUT2D eigenvalue weighted by atomic mass is 79.9. The van der Waals surface area contributed by atoms with Gasteiger partial charge in [0.15, 0.2) is 0 Å². The molecular weight excluding hydrogens is 296 g/mol. The molecule has 14 heavy (non-hydrogen) atoms. The maximum Gasteiger partial charge on any atom is 0.0490 e. The fourth-order valence-electron chi connectivity index (χ4n) is 1.38. The molecule has 0 spiro atoms. The first-order chi connectivity index (χ1) is 6.76. The SMILES string of the molecule is CSc1ccc(S)c2sc(CBr)cc12. The van der Waals surface area contributed by atoms with Crippen molar-refractivity contribution in [3.63, 3.8) is 0 Å². The van der Waals surface area contributed by atoms with E-state index in [2.05, 4.69) is 53.0 Å².